The molecular formula is C20H27N5O3. The molecule has 2 aromatic rings. The number of carbonyl (C=O) groups excluding carboxylic acids is 2. The molecule has 150 valence electrons. The number of rotatable bonds is 3. The fraction of sp³-hybridized carbons (Fsp3) is 0.500. The monoisotopic (exact) mass is 385 g/mol. The molecule has 1 saturated heterocycles. The van der Waals surface area contributed by atoms with Crippen LogP contribution in [0.25, 0.3) is 5.82 Å². The number of anilines is 1. The fourth-order valence-electron chi connectivity index (χ4n) is 3.09. The summed E-state index contributed by atoms with van der Waals surface area (Å²) >= 11 is 0. The summed E-state index contributed by atoms with van der Waals surface area (Å²) in [5.41, 5.74) is 1.28. The van der Waals surface area contributed by atoms with Gasteiger partial charge in [-0.3, -0.25) is 4.79 Å². The predicted molar refractivity (Wildman–Crippen MR) is 105 cm³/mol. The van der Waals surface area contributed by atoms with Gasteiger partial charge in [0.15, 0.2) is 5.82 Å². The number of aryl methyl sites for hydroxylation is 2. The Balaban J connectivity index is 1.69. The molecule has 1 aliphatic heterocycles. The number of nitrogens with zero attached hydrogens (tertiary/aromatic N) is 4. The van der Waals surface area contributed by atoms with E-state index < -0.39 is 5.60 Å². The second-order valence-electron chi connectivity index (χ2n) is 8.18. The van der Waals surface area contributed by atoms with Crippen LogP contribution in [0.4, 0.5) is 10.6 Å². The topological polar surface area (TPSA) is 89.4 Å². The fourth-order valence-corrected chi connectivity index (χ4v) is 3.09. The number of hydrogen-bond donors (Lipinski definition) is 1. The van der Waals surface area contributed by atoms with Crippen molar-refractivity contribution in [1.29, 1.82) is 0 Å². The largest absolute Gasteiger partial charge is 0.444 e. The molecule has 3 heterocycles. The summed E-state index contributed by atoms with van der Waals surface area (Å²) in [4.78, 5) is 30.9. The summed E-state index contributed by atoms with van der Waals surface area (Å²) < 4.78 is 7.02. The number of nitrogens with one attached hydrogen (secondary N) is 1. The molecule has 8 nitrogen and oxygen atoms in total. The van der Waals surface area contributed by atoms with Crippen LogP contribution in [0.15, 0.2) is 24.4 Å². The van der Waals surface area contributed by atoms with Gasteiger partial charge >= 0.3 is 6.09 Å². The van der Waals surface area contributed by atoms with E-state index in [1.54, 1.807) is 15.8 Å². The van der Waals surface area contributed by atoms with E-state index in [0.29, 0.717) is 31.1 Å². The average Bonchev–Trinajstić information content (AvgIpc) is 3.20. The first-order valence-corrected chi connectivity index (χ1v) is 9.41. The van der Waals surface area contributed by atoms with Crippen LogP contribution >= 0.6 is 0 Å². The second-order valence-corrected chi connectivity index (χ2v) is 8.18. The van der Waals surface area contributed by atoms with E-state index >= 15 is 0 Å². The standard InChI is InChI=1S/C20H27N5O3/c1-13-6-8-21-16(10-13)25-17(11-14(2)23-25)22-18(26)15-7-9-24(12-15)19(27)28-20(3,4)5/h6,8,10-11,15H,7,9,12H2,1-5H3,(H,22,26)/t15-/m1/s1. The maximum atomic E-state index is 12.8. The second kappa shape index (κ2) is 7.61. The van der Waals surface area contributed by atoms with Crippen LogP contribution in [0.2, 0.25) is 0 Å². The molecular weight excluding hydrogens is 358 g/mol. The third kappa shape index (κ3) is 4.68. The Morgan fingerprint density at radius 2 is 2.00 bits per heavy atom. The molecule has 0 unspecified atom stereocenters. The SMILES string of the molecule is Cc1ccnc(-n2nc(C)cc2NC(=O)[C@@H]2CCN(C(=O)OC(C)(C)C)C2)c1. The summed E-state index contributed by atoms with van der Waals surface area (Å²) in [5, 5.41) is 7.38. The Kier molecular flexibility index (Phi) is 5.40. The molecule has 8 heteroatoms. The van der Waals surface area contributed by atoms with Gasteiger partial charge in [0, 0.05) is 25.4 Å². The Morgan fingerprint density at radius 1 is 1.25 bits per heavy atom. The molecule has 1 aliphatic rings. The third-order valence-corrected chi connectivity index (χ3v) is 4.41. The Labute approximate surface area is 164 Å². The van der Waals surface area contributed by atoms with Crippen LogP contribution in [-0.4, -0.2) is 50.4 Å². The van der Waals surface area contributed by atoms with E-state index in [4.69, 9.17) is 4.74 Å². The highest BCUT2D eigenvalue weighted by Crippen LogP contribution is 2.22. The summed E-state index contributed by atoms with van der Waals surface area (Å²) in [6, 6.07) is 5.62. The Hall–Kier alpha value is -2.90. The van der Waals surface area contributed by atoms with Gasteiger partial charge in [-0.2, -0.15) is 9.78 Å². The van der Waals surface area contributed by atoms with E-state index in [2.05, 4.69) is 15.4 Å². The number of aromatic nitrogens is 3. The van der Waals surface area contributed by atoms with Crippen LogP contribution in [0.5, 0.6) is 0 Å². The first-order valence-electron chi connectivity index (χ1n) is 9.41. The summed E-state index contributed by atoms with van der Waals surface area (Å²) in [7, 11) is 0. The lowest BCUT2D eigenvalue weighted by atomic mass is 10.1. The van der Waals surface area contributed by atoms with Crippen LogP contribution in [0.3, 0.4) is 0 Å². The lowest BCUT2D eigenvalue weighted by molar-refractivity contribution is -0.119. The van der Waals surface area contributed by atoms with Gasteiger partial charge in [-0.15, -0.1) is 0 Å². The van der Waals surface area contributed by atoms with Crippen molar-refractivity contribution >= 4 is 17.8 Å². The molecule has 0 spiro atoms. The van der Waals surface area contributed by atoms with E-state index in [9.17, 15) is 9.59 Å². The highest BCUT2D eigenvalue weighted by molar-refractivity contribution is 5.92. The summed E-state index contributed by atoms with van der Waals surface area (Å²) in [6.07, 6.45) is 1.93. The van der Waals surface area contributed by atoms with E-state index in [1.165, 1.54) is 0 Å². The average molecular weight is 385 g/mol. The van der Waals surface area contributed by atoms with Gasteiger partial charge in [0.1, 0.15) is 11.4 Å². The van der Waals surface area contributed by atoms with Gasteiger partial charge in [0.2, 0.25) is 5.91 Å². The van der Waals surface area contributed by atoms with Gasteiger partial charge in [-0.1, -0.05) is 0 Å². The van der Waals surface area contributed by atoms with Crippen molar-refractivity contribution in [1.82, 2.24) is 19.7 Å². The molecule has 0 saturated carbocycles. The number of ether oxygens (including phenoxy) is 1. The molecule has 28 heavy (non-hydrogen) atoms. The van der Waals surface area contributed by atoms with Gasteiger partial charge < -0.3 is 15.0 Å². The first kappa shape index (κ1) is 19.9. The van der Waals surface area contributed by atoms with Gasteiger partial charge in [0.25, 0.3) is 0 Å². The van der Waals surface area contributed by atoms with Crippen molar-refractivity contribution in [2.45, 2.75) is 46.6 Å². The van der Waals surface area contributed by atoms with Crippen molar-refractivity contribution in [3.05, 3.63) is 35.7 Å². The number of carbonyl (C=O) groups is 2. The summed E-state index contributed by atoms with van der Waals surface area (Å²) in [6.45, 7) is 10.2. The molecule has 2 aromatic heterocycles. The molecule has 0 aromatic carbocycles. The minimum atomic E-state index is -0.553. The van der Waals surface area contributed by atoms with Crippen molar-refractivity contribution in [2.24, 2.45) is 5.92 Å². The zero-order valence-corrected chi connectivity index (χ0v) is 17.0. The molecule has 0 radical (unpaired) electrons. The number of hydrogen-bond acceptors (Lipinski definition) is 5. The molecule has 0 aliphatic carbocycles. The maximum Gasteiger partial charge on any atom is 0.410 e. The summed E-state index contributed by atoms with van der Waals surface area (Å²) in [5.74, 6) is 0.781. The zero-order valence-electron chi connectivity index (χ0n) is 17.0. The lowest BCUT2D eigenvalue weighted by Gasteiger charge is -2.24. The molecule has 1 N–H and O–H groups in total. The smallest absolute Gasteiger partial charge is 0.410 e. The van der Waals surface area contributed by atoms with Gasteiger partial charge in [-0.25, -0.2) is 9.78 Å². The number of amides is 2. The highest BCUT2D eigenvalue weighted by Gasteiger charge is 2.33. The van der Waals surface area contributed by atoms with Crippen molar-refractivity contribution in [3.63, 3.8) is 0 Å². The molecule has 2 amide bonds. The van der Waals surface area contributed by atoms with E-state index in [0.717, 1.165) is 11.3 Å². The number of likely N-dealkylation sites (tertiary alicyclic amines) is 1. The van der Waals surface area contributed by atoms with Crippen LogP contribution in [-0.2, 0) is 9.53 Å². The Morgan fingerprint density at radius 3 is 2.68 bits per heavy atom. The van der Waals surface area contributed by atoms with Gasteiger partial charge in [0.05, 0.1) is 11.6 Å². The molecule has 1 fully saturated rings. The minimum absolute atomic E-state index is 0.139. The minimum Gasteiger partial charge on any atom is -0.444 e. The normalized spacial score (nSPS) is 16.9. The van der Waals surface area contributed by atoms with Crippen LogP contribution in [0, 0.1) is 19.8 Å². The number of pyridine rings is 1. The predicted octanol–water partition coefficient (Wildman–Crippen LogP) is 3.08. The van der Waals surface area contributed by atoms with Crippen molar-refractivity contribution in [3.8, 4) is 5.82 Å². The molecule has 1 atom stereocenters. The lowest BCUT2D eigenvalue weighted by Crippen LogP contribution is -2.36. The molecule has 3 rings (SSSR count). The third-order valence-electron chi connectivity index (χ3n) is 4.41. The Bertz CT molecular complexity index is 884. The first-order chi connectivity index (χ1) is 13.1. The highest BCUT2D eigenvalue weighted by atomic mass is 16.6. The maximum absolute atomic E-state index is 12.8. The van der Waals surface area contributed by atoms with Crippen LogP contribution < -0.4 is 5.32 Å². The quantitative estimate of drug-likeness (QED) is 0.877. The van der Waals surface area contributed by atoms with Crippen molar-refractivity contribution in [2.75, 3.05) is 18.4 Å². The van der Waals surface area contributed by atoms with Crippen molar-refractivity contribution < 1.29 is 14.3 Å². The zero-order chi connectivity index (χ0) is 20.5. The van der Waals surface area contributed by atoms with Crippen LogP contribution in [0.1, 0.15) is 38.4 Å². The van der Waals surface area contributed by atoms with Gasteiger partial charge in [-0.05, 0) is 58.7 Å². The van der Waals surface area contributed by atoms with E-state index in [-0.39, 0.29) is 17.9 Å². The van der Waals surface area contributed by atoms with E-state index in [1.807, 2.05) is 52.8 Å². The molecule has 0 bridgehead atoms.